The van der Waals surface area contributed by atoms with Crippen molar-refractivity contribution in [3.05, 3.63) is 241 Å². The average Bonchev–Trinajstić information content (AvgIpc) is 3.99. The molecular weight excluding hydrogens is 1140 g/mol. The number of aromatic nitrogens is 7. The van der Waals surface area contributed by atoms with Crippen LogP contribution >= 0.6 is 22.7 Å². The molecule has 0 amide bonds. The molecule has 0 atom stereocenters. The van der Waals surface area contributed by atoms with E-state index in [-0.39, 0.29) is 0 Å². The lowest BCUT2D eigenvalue weighted by atomic mass is 10.2. The molecule has 504 valence electrons. The molecule has 13 aromatic rings. The quantitative estimate of drug-likeness (QED) is 0.163. The van der Waals surface area contributed by atoms with E-state index in [4.69, 9.17) is 4.42 Å². The van der Waals surface area contributed by atoms with Crippen molar-refractivity contribution < 1.29 is 8.83 Å². The van der Waals surface area contributed by atoms with E-state index in [1.807, 2.05) is 337 Å². The number of rotatable bonds is 0. The predicted octanol–water partition coefficient (Wildman–Crippen LogP) is 27.8. The molecule has 0 aliphatic rings. The van der Waals surface area contributed by atoms with Crippen LogP contribution in [-0.4, -0.2) is 33.5 Å². The van der Waals surface area contributed by atoms with Crippen LogP contribution in [0.25, 0.3) is 48.8 Å². The van der Waals surface area contributed by atoms with Crippen molar-refractivity contribution in [2.75, 3.05) is 0 Å². The number of nitrogens with one attached hydrogen (secondary N) is 1. The van der Waals surface area contributed by atoms with Gasteiger partial charge in [0, 0.05) is 66.4 Å². The van der Waals surface area contributed by atoms with Crippen molar-refractivity contribution in [1.29, 1.82) is 0 Å². The number of thiophene rings is 2. The van der Waals surface area contributed by atoms with Crippen molar-refractivity contribution in [3.8, 4) is 0 Å². The van der Waals surface area contributed by atoms with Gasteiger partial charge in [-0.3, -0.25) is 4.40 Å². The molecule has 0 spiro atoms. The fourth-order valence-electron chi connectivity index (χ4n) is 5.96. The third-order valence-electron chi connectivity index (χ3n) is 9.38. The van der Waals surface area contributed by atoms with Gasteiger partial charge in [-0.2, -0.15) is 11.3 Å². The standard InChI is InChI=1S/C9H9N.C8H9N3.C8H8N2.C8H6O.C8H6S.C4H5N.C4H4O.C4H4S.13C2H6/c1-10-7-6-8-4-2-3-5-9(8)10;1-6-7(2)11-5-3-4-9-8(11)10-6;1-10-6-9-7-4-2-3-5-8(7)10;2*1-2-4-8-7(3-1)5-6-9-8;3*1-2-4-5-3-1;13*1-2/h2-7H,1H3;3-5H,1-2H3;2-6H,1H3;2*1-6H;1-5H;2*1-4H;13*1-2H3. The van der Waals surface area contributed by atoms with Crippen LogP contribution in [-0.2, 0) is 14.1 Å². The van der Waals surface area contributed by atoms with Gasteiger partial charge < -0.3 is 23.0 Å². The summed E-state index contributed by atoms with van der Waals surface area (Å²) in [6.07, 6.45) is 16.3. The zero-order chi connectivity index (χ0) is 70.6. The van der Waals surface area contributed by atoms with Crippen LogP contribution in [0.5, 0.6) is 0 Å². The minimum Gasteiger partial charge on any atom is -0.473 e. The highest BCUT2D eigenvalue weighted by Crippen LogP contribution is 2.19. The molecule has 0 saturated heterocycles. The molecule has 0 aliphatic heterocycles. The molecule has 0 fully saturated rings. The van der Waals surface area contributed by atoms with Crippen LogP contribution in [0.1, 0.15) is 191 Å². The smallest absolute Gasteiger partial charge is 0.234 e. The van der Waals surface area contributed by atoms with Gasteiger partial charge in [-0.1, -0.05) is 259 Å². The summed E-state index contributed by atoms with van der Waals surface area (Å²) in [6, 6.07) is 52.5. The molecule has 4 aromatic carbocycles. The van der Waals surface area contributed by atoms with Crippen molar-refractivity contribution in [3.63, 3.8) is 0 Å². The monoisotopic (exact) mass is 1270 g/mol. The van der Waals surface area contributed by atoms with Gasteiger partial charge in [-0.05, 0) is 120 Å². The number of benzene rings is 4. The number of hydrogen-bond donors (Lipinski definition) is 1. The van der Waals surface area contributed by atoms with Crippen molar-refractivity contribution in [1.82, 2.24) is 33.5 Å². The van der Waals surface area contributed by atoms with Gasteiger partial charge in [-0.15, -0.1) is 11.3 Å². The van der Waals surface area contributed by atoms with E-state index in [0.29, 0.717) is 0 Å². The number of hydrogen-bond acceptors (Lipinski definition) is 7. The Labute approximate surface area is 559 Å². The molecule has 0 saturated carbocycles. The maximum Gasteiger partial charge on any atom is 0.234 e. The number of furan rings is 2. The van der Waals surface area contributed by atoms with Gasteiger partial charge in [-0.25, -0.2) is 15.0 Å². The first-order chi connectivity index (χ1) is 44.5. The van der Waals surface area contributed by atoms with Crippen molar-refractivity contribution >= 4 is 71.4 Å². The Morgan fingerprint density at radius 1 is 0.400 bits per heavy atom. The average molecular weight is 1270 g/mol. The highest BCUT2D eigenvalue weighted by molar-refractivity contribution is 7.17. The topological polar surface area (TPSA) is 95.0 Å². The Morgan fingerprint density at radius 3 is 1.33 bits per heavy atom. The van der Waals surface area contributed by atoms with Gasteiger partial charge >= 0.3 is 0 Å². The Balaban J connectivity index is -0.000000136. The summed E-state index contributed by atoms with van der Waals surface area (Å²) in [5.74, 6) is 0.780. The minimum absolute atomic E-state index is 0.780. The molecule has 9 aromatic heterocycles. The van der Waals surface area contributed by atoms with Crippen molar-refractivity contribution in [2.24, 2.45) is 14.1 Å². The second kappa shape index (κ2) is 81.3. The number of nitrogens with zero attached hydrogens (tertiary/aromatic N) is 6. The molecule has 1 N–H and O–H groups in total. The number of aromatic amines is 1. The molecule has 0 bridgehead atoms. The normalized spacial score (nSPS) is 7.89. The van der Waals surface area contributed by atoms with E-state index in [1.165, 1.54) is 26.5 Å². The first-order valence-electron chi connectivity index (χ1n) is 33.5. The van der Waals surface area contributed by atoms with Crippen LogP contribution in [0.4, 0.5) is 0 Å². The van der Waals surface area contributed by atoms with Gasteiger partial charge in [0.05, 0.1) is 41.8 Å². The molecule has 9 heterocycles. The number of para-hydroxylation sites is 4. The van der Waals surface area contributed by atoms with Gasteiger partial charge in [0.25, 0.3) is 0 Å². The number of fused-ring (bicyclic) bond motifs is 5. The summed E-state index contributed by atoms with van der Waals surface area (Å²) >= 11 is 3.50. The van der Waals surface area contributed by atoms with Gasteiger partial charge in [0.2, 0.25) is 5.78 Å². The third-order valence-corrected chi connectivity index (χ3v) is 10.9. The van der Waals surface area contributed by atoms with Crippen LogP contribution in [0.15, 0.2) is 239 Å². The van der Waals surface area contributed by atoms with E-state index >= 15 is 0 Å². The highest BCUT2D eigenvalue weighted by atomic mass is 32.1. The zero-order valence-corrected chi connectivity index (χ0v) is 63.9. The fraction of sp³-hybridized carbons (Fsp3) is 0.380. The largest absolute Gasteiger partial charge is 0.473 e. The van der Waals surface area contributed by atoms with Gasteiger partial charge in [0.1, 0.15) is 5.58 Å². The van der Waals surface area contributed by atoms with E-state index in [2.05, 4.69) is 114 Å². The summed E-state index contributed by atoms with van der Waals surface area (Å²) in [7, 11) is 4.05. The van der Waals surface area contributed by atoms with E-state index in [1.54, 1.807) is 47.7 Å². The summed E-state index contributed by atoms with van der Waals surface area (Å²) in [4.78, 5) is 15.4. The Morgan fingerprint density at radius 2 is 0.889 bits per heavy atom. The van der Waals surface area contributed by atoms with Gasteiger partial charge in [0.15, 0.2) is 0 Å². The number of aryl methyl sites for hydroxylation is 4. The molecular formula is C79H129N7O2S2. The Hall–Kier alpha value is -7.73. The molecule has 0 aliphatic carbocycles. The lowest BCUT2D eigenvalue weighted by Crippen LogP contribution is -1.87. The van der Waals surface area contributed by atoms with E-state index in [0.717, 1.165) is 33.7 Å². The first-order valence-corrected chi connectivity index (χ1v) is 35.3. The second-order valence-electron chi connectivity index (χ2n) is 13.8. The number of imidazole rings is 2. The van der Waals surface area contributed by atoms with Crippen molar-refractivity contribution in [2.45, 2.75) is 194 Å². The predicted molar refractivity (Wildman–Crippen MR) is 415 cm³/mol. The molecule has 11 heteroatoms. The third kappa shape index (κ3) is 46.4. The number of H-pyrrole nitrogens is 1. The Kier molecular flexibility index (Phi) is 89.0. The van der Waals surface area contributed by atoms with E-state index < -0.39 is 0 Å². The molecule has 13 rings (SSSR count). The summed E-state index contributed by atoms with van der Waals surface area (Å²) in [5.41, 5.74) is 6.70. The maximum absolute atomic E-state index is 5.12. The summed E-state index contributed by atoms with van der Waals surface area (Å²) in [5, 5.41) is 10.0. The lowest BCUT2D eigenvalue weighted by Gasteiger charge is -1.92. The summed E-state index contributed by atoms with van der Waals surface area (Å²) < 4.78 is 17.2. The fourth-order valence-corrected chi connectivity index (χ4v) is 7.21. The molecule has 90 heavy (non-hydrogen) atoms. The van der Waals surface area contributed by atoms with Crippen LogP contribution in [0.3, 0.4) is 0 Å². The SMILES string of the molecule is CC.CC.CC.CC.CC.CC.CC.CC.CC.CC.CC.CC.CC.Cc1nc2ncccn2c1C.Cn1ccc2ccccc21.Cn1cnc2ccccc21.c1cc[nH]c1.c1ccc2occc2c1.c1ccc2sccc2c1.c1ccoc1.c1ccsc1. The zero-order valence-electron chi connectivity index (χ0n) is 62.3. The molecule has 0 unspecified atom stereocenters. The van der Waals surface area contributed by atoms with Crippen LogP contribution in [0.2, 0.25) is 0 Å². The second-order valence-corrected chi connectivity index (χ2v) is 15.6. The van der Waals surface area contributed by atoms with Crippen LogP contribution < -0.4 is 0 Å². The molecule has 9 nitrogen and oxygen atoms in total. The highest BCUT2D eigenvalue weighted by Gasteiger charge is 2.02. The molecule has 0 radical (unpaired) electrons. The maximum atomic E-state index is 5.12. The Bertz CT molecular complexity index is 2880. The minimum atomic E-state index is 0.780. The summed E-state index contributed by atoms with van der Waals surface area (Å²) in [6.45, 7) is 56.0. The van der Waals surface area contributed by atoms with E-state index in [9.17, 15) is 0 Å². The lowest BCUT2D eigenvalue weighted by molar-refractivity contribution is 0.567. The van der Waals surface area contributed by atoms with Crippen LogP contribution in [0, 0.1) is 13.8 Å². The first kappa shape index (κ1) is 98.5.